The number of carboxylic acid groups (broad SMARTS) is 1. The van der Waals surface area contributed by atoms with Crippen LogP contribution in [0, 0.1) is 6.92 Å². The van der Waals surface area contributed by atoms with Gasteiger partial charge >= 0.3 is 5.97 Å². The summed E-state index contributed by atoms with van der Waals surface area (Å²) in [5, 5.41) is 13.7. The number of anilines is 1. The fourth-order valence-corrected chi connectivity index (χ4v) is 2.91. The molecule has 15 heavy (non-hydrogen) atoms. The predicted molar refractivity (Wildman–Crippen MR) is 61.5 cm³/mol. The van der Waals surface area contributed by atoms with E-state index in [1.807, 2.05) is 12.3 Å². The van der Waals surface area contributed by atoms with Crippen LogP contribution in [0.5, 0.6) is 0 Å². The first kappa shape index (κ1) is 10.1. The molecular weight excluding hydrogens is 232 g/mol. The lowest BCUT2D eigenvalue weighted by molar-refractivity contribution is 0.0699. The molecule has 0 aliphatic carbocycles. The van der Waals surface area contributed by atoms with Crippen molar-refractivity contribution in [3.63, 3.8) is 0 Å². The molecule has 2 aromatic rings. The molecule has 0 atom stereocenters. The number of hydrogen-bond donors (Lipinski definition) is 2. The van der Waals surface area contributed by atoms with Gasteiger partial charge in [-0.15, -0.1) is 22.7 Å². The molecule has 0 spiro atoms. The Morgan fingerprint density at radius 1 is 1.47 bits per heavy atom. The quantitative estimate of drug-likeness (QED) is 0.845. The Hall–Kier alpha value is -1.40. The summed E-state index contributed by atoms with van der Waals surface area (Å²) in [5.41, 5.74) is 7.26. The number of carbonyl (C=O) groups is 1. The summed E-state index contributed by atoms with van der Waals surface area (Å²) in [6.45, 7) is 1.87. The van der Waals surface area contributed by atoms with E-state index in [0.717, 1.165) is 5.69 Å². The lowest BCUT2D eigenvalue weighted by atomic mass is 10.2. The fraction of sp³-hybridized carbons (Fsp3) is 0.111. The van der Waals surface area contributed by atoms with E-state index in [0.29, 0.717) is 15.6 Å². The summed E-state index contributed by atoms with van der Waals surface area (Å²) in [6, 6.07) is 0. The van der Waals surface area contributed by atoms with Gasteiger partial charge in [-0.25, -0.2) is 9.78 Å². The van der Waals surface area contributed by atoms with E-state index in [2.05, 4.69) is 4.98 Å². The normalized spacial score (nSPS) is 10.5. The van der Waals surface area contributed by atoms with Crippen molar-refractivity contribution >= 4 is 33.6 Å². The molecule has 0 aliphatic heterocycles. The minimum atomic E-state index is -1.00. The molecule has 0 saturated carbocycles. The number of nitrogens with zero attached hydrogens (tertiary/aromatic N) is 1. The Morgan fingerprint density at radius 3 is 2.73 bits per heavy atom. The van der Waals surface area contributed by atoms with Crippen LogP contribution in [0.2, 0.25) is 0 Å². The van der Waals surface area contributed by atoms with Crippen molar-refractivity contribution in [3.8, 4) is 10.6 Å². The van der Waals surface area contributed by atoms with Gasteiger partial charge in [0.25, 0.3) is 0 Å². The zero-order valence-corrected chi connectivity index (χ0v) is 9.48. The summed E-state index contributed by atoms with van der Waals surface area (Å²) in [5.74, 6) is -1.00. The highest BCUT2D eigenvalue weighted by Gasteiger charge is 2.19. The monoisotopic (exact) mass is 240 g/mol. The molecule has 3 N–H and O–H groups in total. The van der Waals surface area contributed by atoms with Crippen molar-refractivity contribution in [3.05, 3.63) is 22.0 Å². The van der Waals surface area contributed by atoms with Gasteiger partial charge in [0.1, 0.15) is 15.6 Å². The lowest BCUT2D eigenvalue weighted by Gasteiger charge is -1.96. The molecule has 6 heteroatoms. The van der Waals surface area contributed by atoms with Gasteiger partial charge in [-0.05, 0) is 6.92 Å². The number of rotatable bonds is 2. The number of aryl methyl sites for hydroxylation is 1. The van der Waals surface area contributed by atoms with Gasteiger partial charge in [0.2, 0.25) is 0 Å². The van der Waals surface area contributed by atoms with Crippen molar-refractivity contribution < 1.29 is 9.90 Å². The fourth-order valence-electron chi connectivity index (χ4n) is 1.23. The summed E-state index contributed by atoms with van der Waals surface area (Å²) in [6.07, 6.45) is 0. The van der Waals surface area contributed by atoms with Gasteiger partial charge in [-0.2, -0.15) is 0 Å². The molecule has 0 radical (unpaired) electrons. The average Bonchev–Trinajstić information content (AvgIpc) is 2.71. The zero-order chi connectivity index (χ0) is 11.0. The number of nitrogens with two attached hydrogens (primary N) is 1. The number of aromatic nitrogens is 1. The number of nitrogen functional groups attached to an aromatic ring is 1. The van der Waals surface area contributed by atoms with Crippen molar-refractivity contribution in [2.45, 2.75) is 6.92 Å². The van der Waals surface area contributed by atoms with E-state index in [9.17, 15) is 4.79 Å². The van der Waals surface area contributed by atoms with Crippen LogP contribution in [-0.2, 0) is 0 Å². The molecule has 0 unspecified atom stereocenters. The largest absolute Gasteiger partial charge is 0.478 e. The zero-order valence-electron chi connectivity index (χ0n) is 7.85. The Bertz CT molecular complexity index is 516. The summed E-state index contributed by atoms with van der Waals surface area (Å²) < 4.78 is 0. The van der Waals surface area contributed by atoms with Crippen LogP contribution in [0.25, 0.3) is 10.6 Å². The van der Waals surface area contributed by atoms with E-state index < -0.39 is 5.97 Å². The predicted octanol–water partition coefficient (Wildman–Crippen LogP) is 2.46. The van der Waals surface area contributed by atoms with Gasteiger partial charge in [0.05, 0.1) is 0 Å². The maximum atomic E-state index is 11.0. The number of thiazole rings is 1. The number of thiophene rings is 1. The van der Waals surface area contributed by atoms with Crippen LogP contribution >= 0.6 is 22.7 Å². The standard InChI is InChI=1S/C9H8N2O2S2/c1-4-2-15-8(11-4)5-3-14-7(10)6(5)9(12)13/h2-3H,10H2,1H3,(H,12,13). The van der Waals surface area contributed by atoms with Gasteiger partial charge in [0.15, 0.2) is 0 Å². The van der Waals surface area contributed by atoms with Crippen LogP contribution in [0.4, 0.5) is 5.00 Å². The molecule has 2 aromatic heterocycles. The molecule has 0 aliphatic rings. The third-order valence-corrected chi connectivity index (χ3v) is 3.69. The Kier molecular flexibility index (Phi) is 2.45. The van der Waals surface area contributed by atoms with E-state index in [-0.39, 0.29) is 5.56 Å². The molecule has 0 amide bonds. The van der Waals surface area contributed by atoms with E-state index >= 15 is 0 Å². The van der Waals surface area contributed by atoms with E-state index in [4.69, 9.17) is 10.8 Å². The van der Waals surface area contributed by atoms with E-state index in [1.165, 1.54) is 22.7 Å². The number of carboxylic acids is 1. The van der Waals surface area contributed by atoms with Crippen molar-refractivity contribution in [2.24, 2.45) is 0 Å². The first-order valence-electron chi connectivity index (χ1n) is 4.12. The highest BCUT2D eigenvalue weighted by atomic mass is 32.1. The molecular formula is C9H8N2O2S2. The molecule has 0 aromatic carbocycles. The third kappa shape index (κ3) is 1.73. The molecule has 4 nitrogen and oxygen atoms in total. The topological polar surface area (TPSA) is 76.2 Å². The Labute approximate surface area is 94.0 Å². The first-order valence-corrected chi connectivity index (χ1v) is 5.88. The van der Waals surface area contributed by atoms with Crippen LogP contribution < -0.4 is 5.73 Å². The highest BCUT2D eigenvalue weighted by Crippen LogP contribution is 2.35. The third-order valence-electron chi connectivity index (χ3n) is 1.88. The Balaban J connectivity index is 2.58. The minimum Gasteiger partial charge on any atom is -0.478 e. The number of hydrogen-bond acceptors (Lipinski definition) is 5. The van der Waals surface area contributed by atoms with Crippen LogP contribution in [-0.4, -0.2) is 16.1 Å². The van der Waals surface area contributed by atoms with E-state index in [1.54, 1.807) is 5.38 Å². The second kappa shape index (κ2) is 3.63. The summed E-state index contributed by atoms with van der Waals surface area (Å²) in [7, 11) is 0. The van der Waals surface area contributed by atoms with Crippen LogP contribution in [0.3, 0.4) is 0 Å². The second-order valence-electron chi connectivity index (χ2n) is 2.99. The maximum absolute atomic E-state index is 11.0. The Morgan fingerprint density at radius 2 is 2.20 bits per heavy atom. The SMILES string of the molecule is Cc1csc(-c2csc(N)c2C(=O)O)n1. The van der Waals surface area contributed by atoms with Crippen molar-refractivity contribution in [1.82, 2.24) is 4.98 Å². The molecule has 0 bridgehead atoms. The van der Waals surface area contributed by atoms with Gasteiger partial charge < -0.3 is 10.8 Å². The molecule has 0 fully saturated rings. The van der Waals surface area contributed by atoms with Crippen molar-refractivity contribution in [2.75, 3.05) is 5.73 Å². The summed E-state index contributed by atoms with van der Waals surface area (Å²) >= 11 is 2.65. The smallest absolute Gasteiger partial charge is 0.339 e. The second-order valence-corrected chi connectivity index (χ2v) is 4.76. The maximum Gasteiger partial charge on any atom is 0.339 e. The first-order chi connectivity index (χ1) is 7.09. The average molecular weight is 240 g/mol. The number of aromatic carboxylic acids is 1. The minimum absolute atomic E-state index is 0.161. The van der Waals surface area contributed by atoms with Gasteiger partial charge in [-0.1, -0.05) is 0 Å². The summed E-state index contributed by atoms with van der Waals surface area (Å²) in [4.78, 5) is 15.2. The molecule has 78 valence electrons. The highest BCUT2D eigenvalue weighted by molar-refractivity contribution is 7.16. The van der Waals surface area contributed by atoms with Gasteiger partial charge in [-0.3, -0.25) is 0 Å². The van der Waals surface area contributed by atoms with Crippen LogP contribution in [0.1, 0.15) is 16.1 Å². The lowest BCUT2D eigenvalue weighted by Crippen LogP contribution is -2.00. The molecule has 0 saturated heterocycles. The molecule has 2 heterocycles. The van der Waals surface area contributed by atoms with Gasteiger partial charge in [0, 0.05) is 22.0 Å². The van der Waals surface area contributed by atoms with Crippen LogP contribution in [0.15, 0.2) is 10.8 Å². The molecule has 2 rings (SSSR count). The van der Waals surface area contributed by atoms with Crippen molar-refractivity contribution in [1.29, 1.82) is 0 Å².